The van der Waals surface area contributed by atoms with Crippen molar-refractivity contribution in [3.05, 3.63) is 10.4 Å². The van der Waals surface area contributed by atoms with Gasteiger partial charge in [-0.25, -0.2) is 0 Å². The number of hydrogen-bond acceptors (Lipinski definition) is 6. The van der Waals surface area contributed by atoms with Crippen LogP contribution in [0.2, 0.25) is 0 Å². The highest BCUT2D eigenvalue weighted by molar-refractivity contribution is 7.19. The Labute approximate surface area is 128 Å². The van der Waals surface area contributed by atoms with Crippen LogP contribution in [0.15, 0.2) is 0 Å². The van der Waals surface area contributed by atoms with E-state index in [4.69, 9.17) is 11.5 Å². The maximum atomic E-state index is 11.6. The van der Waals surface area contributed by atoms with Crippen molar-refractivity contribution >= 4 is 33.7 Å². The van der Waals surface area contributed by atoms with Gasteiger partial charge < -0.3 is 16.8 Å². The van der Waals surface area contributed by atoms with Crippen LogP contribution in [-0.4, -0.2) is 42.3 Å². The van der Waals surface area contributed by atoms with Crippen LogP contribution in [0.1, 0.15) is 46.7 Å². The average molecular weight is 310 g/mol. The van der Waals surface area contributed by atoms with Gasteiger partial charge in [0.05, 0.1) is 16.1 Å². The molecule has 0 aromatic carbocycles. The number of Topliss-reactive ketones (excluding diaryl/α,β-unsaturated/α-hetero) is 1. The third kappa shape index (κ3) is 3.19. The predicted molar refractivity (Wildman–Crippen MR) is 86.0 cm³/mol. The first kappa shape index (κ1) is 15.8. The summed E-state index contributed by atoms with van der Waals surface area (Å²) < 4.78 is 0. The number of nitrogen functional groups attached to an aromatic ring is 1. The molecule has 1 atom stereocenters. The number of primary amides is 1. The number of likely N-dealkylation sites (tertiary alicyclic amines) is 1. The molecule has 6 nitrogen and oxygen atoms in total. The predicted octanol–water partition coefficient (Wildman–Crippen LogP) is 1.53. The lowest BCUT2D eigenvalue weighted by molar-refractivity contribution is 0.100. The molecule has 21 heavy (non-hydrogen) atoms. The Bertz CT molecular complexity index is 555. The van der Waals surface area contributed by atoms with Crippen LogP contribution in [0.3, 0.4) is 0 Å². The topological polar surface area (TPSA) is 101 Å². The van der Waals surface area contributed by atoms with E-state index in [0.29, 0.717) is 15.9 Å². The highest BCUT2D eigenvalue weighted by atomic mass is 32.1. The summed E-state index contributed by atoms with van der Waals surface area (Å²) in [6.07, 6.45) is 2.32. The van der Waals surface area contributed by atoms with Crippen LogP contribution in [0.5, 0.6) is 0 Å². The van der Waals surface area contributed by atoms with Crippen molar-refractivity contribution in [2.45, 2.75) is 32.7 Å². The van der Waals surface area contributed by atoms with E-state index in [0.717, 1.165) is 26.1 Å². The number of anilines is 2. The molecule has 2 heterocycles. The summed E-state index contributed by atoms with van der Waals surface area (Å²) in [6, 6.07) is 0.444. The van der Waals surface area contributed by atoms with Crippen molar-refractivity contribution in [2.24, 2.45) is 5.73 Å². The van der Waals surface area contributed by atoms with Crippen LogP contribution < -0.4 is 16.8 Å². The van der Waals surface area contributed by atoms with Gasteiger partial charge in [0.1, 0.15) is 5.00 Å². The molecule has 1 saturated heterocycles. The Morgan fingerprint density at radius 3 is 2.76 bits per heavy atom. The van der Waals surface area contributed by atoms with Crippen LogP contribution in [0, 0.1) is 0 Å². The van der Waals surface area contributed by atoms with Crippen LogP contribution in [0.4, 0.5) is 10.7 Å². The fourth-order valence-corrected chi connectivity index (χ4v) is 3.86. The summed E-state index contributed by atoms with van der Waals surface area (Å²) in [6.45, 7) is 6.43. The van der Waals surface area contributed by atoms with Crippen LogP contribution >= 0.6 is 11.3 Å². The van der Waals surface area contributed by atoms with E-state index in [9.17, 15) is 9.59 Å². The van der Waals surface area contributed by atoms with E-state index in [-0.39, 0.29) is 17.0 Å². The molecule has 5 N–H and O–H groups in total. The van der Waals surface area contributed by atoms with Crippen molar-refractivity contribution in [3.63, 3.8) is 0 Å². The van der Waals surface area contributed by atoms with Gasteiger partial charge in [-0.05, 0) is 25.9 Å². The Balaban J connectivity index is 2.17. The number of carbonyl (C=O) groups is 2. The molecule has 1 aliphatic heterocycles. The zero-order valence-corrected chi connectivity index (χ0v) is 13.3. The smallest absolute Gasteiger partial charge is 0.253 e. The van der Waals surface area contributed by atoms with Gasteiger partial charge in [0.25, 0.3) is 5.91 Å². The maximum absolute atomic E-state index is 11.6. The summed E-state index contributed by atoms with van der Waals surface area (Å²) in [7, 11) is 0. The first-order valence-electron chi connectivity index (χ1n) is 7.16. The molecule has 1 aromatic heterocycles. The molecule has 1 unspecified atom stereocenters. The molecule has 1 aliphatic rings. The number of carbonyl (C=O) groups excluding carboxylic acids is 2. The van der Waals surface area contributed by atoms with Gasteiger partial charge in [0, 0.05) is 19.5 Å². The summed E-state index contributed by atoms with van der Waals surface area (Å²) in [5.74, 6) is -0.748. The summed E-state index contributed by atoms with van der Waals surface area (Å²) in [5.41, 5.74) is 11.7. The zero-order valence-electron chi connectivity index (χ0n) is 12.4. The van der Waals surface area contributed by atoms with Gasteiger partial charge >= 0.3 is 0 Å². The van der Waals surface area contributed by atoms with Crippen molar-refractivity contribution in [1.29, 1.82) is 0 Å². The molecule has 0 spiro atoms. The second-order valence-electron chi connectivity index (χ2n) is 5.27. The van der Waals surface area contributed by atoms with Gasteiger partial charge in [0.2, 0.25) is 0 Å². The van der Waals surface area contributed by atoms with Crippen LogP contribution in [0.25, 0.3) is 0 Å². The Morgan fingerprint density at radius 1 is 1.48 bits per heavy atom. The van der Waals surface area contributed by atoms with E-state index < -0.39 is 5.91 Å². The zero-order chi connectivity index (χ0) is 15.6. The highest BCUT2D eigenvalue weighted by Crippen LogP contribution is 2.36. The monoisotopic (exact) mass is 310 g/mol. The van der Waals surface area contributed by atoms with Crippen LogP contribution in [-0.2, 0) is 0 Å². The second kappa shape index (κ2) is 6.44. The molecule has 1 aromatic rings. The third-order valence-corrected chi connectivity index (χ3v) is 5.18. The number of likely N-dealkylation sites (N-methyl/N-ethyl adjacent to an activating group) is 1. The van der Waals surface area contributed by atoms with Crippen molar-refractivity contribution in [1.82, 2.24) is 4.90 Å². The fourth-order valence-electron chi connectivity index (χ4n) is 2.83. The maximum Gasteiger partial charge on any atom is 0.253 e. The normalized spacial score (nSPS) is 18.9. The summed E-state index contributed by atoms with van der Waals surface area (Å²) in [5, 5.41) is 3.87. The summed E-state index contributed by atoms with van der Waals surface area (Å²) in [4.78, 5) is 25.9. The lowest BCUT2D eigenvalue weighted by Crippen LogP contribution is -2.34. The highest BCUT2D eigenvalue weighted by Gasteiger charge is 2.26. The molecule has 2 rings (SSSR count). The number of nitrogens with one attached hydrogen (secondary N) is 1. The Hall–Kier alpha value is -1.60. The van der Waals surface area contributed by atoms with Gasteiger partial charge in [-0.2, -0.15) is 0 Å². The van der Waals surface area contributed by atoms with Crippen molar-refractivity contribution in [3.8, 4) is 0 Å². The number of ketones is 1. The van der Waals surface area contributed by atoms with Crippen molar-refractivity contribution in [2.75, 3.05) is 30.7 Å². The fraction of sp³-hybridized carbons (Fsp3) is 0.571. The standard InChI is InChI=1S/C14H22N4O2S/c1-3-18-6-4-5-9(18)7-17-14-10(13(16)20)11(15)12(21-14)8(2)19/h9,17H,3-7,15H2,1-2H3,(H2,16,20). The first-order chi connectivity index (χ1) is 9.95. The molecule has 0 radical (unpaired) electrons. The molecule has 0 aliphatic carbocycles. The third-order valence-electron chi connectivity index (χ3n) is 3.91. The molecule has 116 valence electrons. The lowest BCUT2D eigenvalue weighted by atomic mass is 10.2. The number of amides is 1. The molecular weight excluding hydrogens is 288 g/mol. The number of hydrogen-bond donors (Lipinski definition) is 3. The second-order valence-corrected chi connectivity index (χ2v) is 6.30. The van der Waals surface area contributed by atoms with Gasteiger partial charge in [-0.15, -0.1) is 11.3 Å². The van der Waals surface area contributed by atoms with Crippen molar-refractivity contribution < 1.29 is 9.59 Å². The largest absolute Gasteiger partial charge is 0.397 e. The SMILES string of the molecule is CCN1CCCC1CNc1sc(C(C)=O)c(N)c1C(N)=O. The molecule has 1 amide bonds. The van der Waals surface area contributed by atoms with Gasteiger partial charge in [-0.3, -0.25) is 14.5 Å². The van der Waals surface area contributed by atoms with Gasteiger partial charge in [-0.1, -0.05) is 6.92 Å². The van der Waals surface area contributed by atoms with E-state index in [2.05, 4.69) is 17.1 Å². The van der Waals surface area contributed by atoms with Gasteiger partial charge in [0.15, 0.2) is 5.78 Å². The number of thiophene rings is 1. The Morgan fingerprint density at radius 2 is 2.19 bits per heavy atom. The average Bonchev–Trinajstić information content (AvgIpc) is 2.99. The minimum Gasteiger partial charge on any atom is -0.397 e. The lowest BCUT2D eigenvalue weighted by Gasteiger charge is -2.23. The first-order valence-corrected chi connectivity index (χ1v) is 7.98. The summed E-state index contributed by atoms with van der Waals surface area (Å²) >= 11 is 1.21. The molecular formula is C14H22N4O2S. The quantitative estimate of drug-likeness (QED) is 0.692. The Kier molecular flexibility index (Phi) is 4.84. The molecule has 0 bridgehead atoms. The minimum atomic E-state index is -0.600. The number of rotatable bonds is 6. The number of nitrogens with two attached hydrogens (primary N) is 2. The molecule has 1 fully saturated rings. The van der Waals surface area contributed by atoms with E-state index in [1.807, 2.05) is 0 Å². The van der Waals surface area contributed by atoms with E-state index >= 15 is 0 Å². The van der Waals surface area contributed by atoms with E-state index in [1.54, 1.807) is 0 Å². The molecule has 7 heteroatoms. The number of nitrogens with zero attached hydrogens (tertiary/aromatic N) is 1. The van der Waals surface area contributed by atoms with E-state index in [1.165, 1.54) is 24.7 Å². The minimum absolute atomic E-state index is 0.149. The molecule has 0 saturated carbocycles.